The van der Waals surface area contributed by atoms with E-state index in [9.17, 15) is 0 Å². The first kappa shape index (κ1) is 8.93. The molecule has 0 radical (unpaired) electrons. The van der Waals surface area contributed by atoms with Crippen LogP contribution in [0.4, 0.5) is 0 Å². The minimum absolute atomic E-state index is 0.0371. The van der Waals surface area contributed by atoms with Gasteiger partial charge < -0.3 is 19.3 Å². The lowest BCUT2D eigenvalue weighted by Gasteiger charge is -2.14. The Morgan fingerprint density at radius 3 is 2.82 bits per heavy atom. The lowest BCUT2D eigenvalue weighted by molar-refractivity contribution is -0.113. The normalized spacial score (nSPS) is 37.9. The first-order chi connectivity index (χ1) is 5.27. The number of hydrogen-bond acceptors (Lipinski definition) is 4. The second kappa shape index (κ2) is 4.01. The van der Waals surface area contributed by atoms with Crippen LogP contribution >= 0.6 is 0 Å². The van der Waals surface area contributed by atoms with Crippen LogP contribution in [0.2, 0.25) is 0 Å². The van der Waals surface area contributed by atoms with Crippen LogP contribution in [0, 0.1) is 0 Å². The Bertz CT molecular complexity index is 117. The average Bonchev–Trinajstić information content (AvgIpc) is 2.32. The molecular weight excluding hydrogens is 148 g/mol. The molecule has 0 bridgehead atoms. The van der Waals surface area contributed by atoms with E-state index >= 15 is 0 Å². The van der Waals surface area contributed by atoms with Gasteiger partial charge in [0, 0.05) is 20.6 Å². The van der Waals surface area contributed by atoms with E-state index in [-0.39, 0.29) is 12.2 Å². The van der Waals surface area contributed by atoms with E-state index < -0.39 is 6.29 Å². The Hall–Kier alpha value is -0.160. The standard InChI is InChI=1S/C7H14O4/c1-9-4-6-5(10-2)3-7(8)11-6/h5-8H,3-4H2,1-2H3/t5-,6+,7+/m0/s1. The molecule has 1 aliphatic rings. The number of hydrogen-bond donors (Lipinski definition) is 1. The summed E-state index contributed by atoms with van der Waals surface area (Å²) in [6, 6.07) is 0. The van der Waals surface area contributed by atoms with Crippen molar-refractivity contribution in [2.45, 2.75) is 24.9 Å². The first-order valence-corrected chi connectivity index (χ1v) is 3.63. The zero-order valence-electron chi connectivity index (χ0n) is 6.82. The summed E-state index contributed by atoms with van der Waals surface area (Å²) >= 11 is 0. The van der Waals surface area contributed by atoms with E-state index in [1.54, 1.807) is 14.2 Å². The summed E-state index contributed by atoms with van der Waals surface area (Å²) in [6.45, 7) is 0.468. The predicted molar refractivity (Wildman–Crippen MR) is 38.2 cm³/mol. The molecule has 4 nitrogen and oxygen atoms in total. The van der Waals surface area contributed by atoms with Gasteiger partial charge in [0.15, 0.2) is 6.29 Å². The average molecular weight is 162 g/mol. The van der Waals surface area contributed by atoms with Crippen LogP contribution in [0.5, 0.6) is 0 Å². The fourth-order valence-electron chi connectivity index (χ4n) is 1.25. The van der Waals surface area contributed by atoms with E-state index in [2.05, 4.69) is 0 Å². The topological polar surface area (TPSA) is 47.9 Å². The Morgan fingerprint density at radius 2 is 2.27 bits per heavy atom. The maximum absolute atomic E-state index is 9.07. The molecule has 0 aliphatic carbocycles. The molecule has 0 aromatic heterocycles. The van der Waals surface area contributed by atoms with E-state index in [1.807, 2.05) is 0 Å². The molecule has 1 fully saturated rings. The van der Waals surface area contributed by atoms with Crippen molar-refractivity contribution in [3.05, 3.63) is 0 Å². The van der Waals surface area contributed by atoms with Crippen LogP contribution in [0.25, 0.3) is 0 Å². The van der Waals surface area contributed by atoms with Gasteiger partial charge in [-0.1, -0.05) is 0 Å². The third kappa shape index (κ3) is 2.13. The highest BCUT2D eigenvalue weighted by molar-refractivity contribution is 4.78. The van der Waals surface area contributed by atoms with Crippen molar-refractivity contribution in [1.82, 2.24) is 0 Å². The van der Waals surface area contributed by atoms with Gasteiger partial charge in [-0.05, 0) is 0 Å². The molecule has 1 aliphatic heterocycles. The Labute approximate surface area is 66.1 Å². The minimum Gasteiger partial charge on any atom is -0.382 e. The molecule has 1 saturated heterocycles. The van der Waals surface area contributed by atoms with E-state index in [1.165, 1.54) is 0 Å². The van der Waals surface area contributed by atoms with E-state index in [4.69, 9.17) is 19.3 Å². The quantitative estimate of drug-likeness (QED) is 0.622. The second-order valence-electron chi connectivity index (χ2n) is 2.59. The van der Waals surface area contributed by atoms with Gasteiger partial charge in [-0.25, -0.2) is 0 Å². The molecule has 0 unspecified atom stereocenters. The van der Waals surface area contributed by atoms with Crippen molar-refractivity contribution in [3.63, 3.8) is 0 Å². The summed E-state index contributed by atoms with van der Waals surface area (Å²) in [5.41, 5.74) is 0. The number of aliphatic hydroxyl groups is 1. The summed E-state index contributed by atoms with van der Waals surface area (Å²) in [7, 11) is 3.20. The molecule has 11 heavy (non-hydrogen) atoms. The van der Waals surface area contributed by atoms with Crippen molar-refractivity contribution >= 4 is 0 Å². The Morgan fingerprint density at radius 1 is 1.55 bits per heavy atom. The lowest BCUT2D eigenvalue weighted by atomic mass is 10.2. The van der Waals surface area contributed by atoms with Crippen molar-refractivity contribution in [3.8, 4) is 0 Å². The summed E-state index contributed by atoms with van der Waals surface area (Å²) in [4.78, 5) is 0. The lowest BCUT2D eigenvalue weighted by Crippen LogP contribution is -2.27. The molecule has 1 N–H and O–H groups in total. The van der Waals surface area contributed by atoms with Gasteiger partial charge in [-0.15, -0.1) is 0 Å². The van der Waals surface area contributed by atoms with Gasteiger partial charge in [-0.3, -0.25) is 0 Å². The predicted octanol–water partition coefficient (Wildman–Crippen LogP) is -0.245. The van der Waals surface area contributed by atoms with Gasteiger partial charge in [-0.2, -0.15) is 0 Å². The number of ether oxygens (including phenoxy) is 3. The van der Waals surface area contributed by atoms with Gasteiger partial charge in [0.2, 0.25) is 0 Å². The number of rotatable bonds is 3. The third-order valence-electron chi connectivity index (χ3n) is 1.81. The van der Waals surface area contributed by atoms with E-state index in [0.717, 1.165) is 0 Å². The van der Waals surface area contributed by atoms with Crippen molar-refractivity contribution in [2.24, 2.45) is 0 Å². The molecule has 1 rings (SSSR count). The molecule has 0 aromatic carbocycles. The maximum Gasteiger partial charge on any atom is 0.157 e. The minimum atomic E-state index is -0.694. The van der Waals surface area contributed by atoms with Crippen LogP contribution in [-0.4, -0.2) is 44.4 Å². The number of methoxy groups -OCH3 is 2. The highest BCUT2D eigenvalue weighted by atomic mass is 16.6. The Balaban J connectivity index is 2.37. The van der Waals surface area contributed by atoms with Crippen molar-refractivity contribution in [1.29, 1.82) is 0 Å². The fraction of sp³-hybridized carbons (Fsp3) is 1.00. The van der Waals surface area contributed by atoms with Gasteiger partial charge in [0.25, 0.3) is 0 Å². The second-order valence-corrected chi connectivity index (χ2v) is 2.59. The summed E-state index contributed by atoms with van der Waals surface area (Å²) in [5, 5.41) is 9.07. The van der Waals surface area contributed by atoms with Crippen LogP contribution in [0.3, 0.4) is 0 Å². The maximum atomic E-state index is 9.07. The molecule has 0 saturated carbocycles. The molecular formula is C7H14O4. The molecule has 4 heteroatoms. The smallest absolute Gasteiger partial charge is 0.157 e. The fourth-order valence-corrected chi connectivity index (χ4v) is 1.25. The van der Waals surface area contributed by atoms with Gasteiger partial charge in [0.05, 0.1) is 12.7 Å². The highest BCUT2D eigenvalue weighted by Crippen LogP contribution is 2.20. The SMILES string of the molecule is COC[C@H]1O[C@@H](O)C[C@@H]1OC. The largest absolute Gasteiger partial charge is 0.382 e. The van der Waals surface area contributed by atoms with Crippen LogP contribution < -0.4 is 0 Å². The molecule has 1 heterocycles. The monoisotopic (exact) mass is 162 g/mol. The van der Waals surface area contributed by atoms with Gasteiger partial charge in [0.1, 0.15) is 6.10 Å². The van der Waals surface area contributed by atoms with E-state index in [0.29, 0.717) is 13.0 Å². The molecule has 66 valence electrons. The molecule has 0 aromatic rings. The summed E-state index contributed by atoms with van der Waals surface area (Å²) in [6.07, 6.45) is -0.324. The first-order valence-electron chi connectivity index (χ1n) is 3.63. The van der Waals surface area contributed by atoms with Crippen molar-refractivity contribution < 1.29 is 19.3 Å². The Kier molecular flexibility index (Phi) is 3.26. The third-order valence-corrected chi connectivity index (χ3v) is 1.81. The molecule has 0 spiro atoms. The van der Waals surface area contributed by atoms with Crippen molar-refractivity contribution in [2.75, 3.05) is 20.8 Å². The summed E-state index contributed by atoms with van der Waals surface area (Å²) in [5.74, 6) is 0. The summed E-state index contributed by atoms with van der Waals surface area (Å²) < 4.78 is 15.1. The van der Waals surface area contributed by atoms with Gasteiger partial charge >= 0.3 is 0 Å². The number of aliphatic hydroxyl groups excluding tert-OH is 1. The zero-order chi connectivity index (χ0) is 8.27. The zero-order valence-corrected chi connectivity index (χ0v) is 6.82. The van der Waals surface area contributed by atoms with Crippen LogP contribution in [-0.2, 0) is 14.2 Å². The highest BCUT2D eigenvalue weighted by Gasteiger charge is 2.33. The van der Waals surface area contributed by atoms with Crippen LogP contribution in [0.15, 0.2) is 0 Å². The van der Waals surface area contributed by atoms with Crippen LogP contribution in [0.1, 0.15) is 6.42 Å². The molecule has 3 atom stereocenters. The molecule has 0 amide bonds.